The van der Waals surface area contributed by atoms with Gasteiger partial charge < -0.3 is 5.11 Å². The van der Waals surface area contributed by atoms with Gasteiger partial charge in [-0.1, -0.05) is 67.6 Å². The molecule has 0 spiro atoms. The molecule has 94 valence electrons. The predicted molar refractivity (Wildman–Crippen MR) is 75.5 cm³/mol. The molecular weight excluding hydrogens is 220 g/mol. The Balaban J connectivity index is 2.13. The molecule has 0 saturated carbocycles. The lowest BCUT2D eigenvalue weighted by molar-refractivity contribution is 0.0368. The van der Waals surface area contributed by atoms with E-state index in [4.69, 9.17) is 1.37 Å². The van der Waals surface area contributed by atoms with Crippen molar-refractivity contribution in [2.24, 2.45) is 0 Å². The van der Waals surface area contributed by atoms with Gasteiger partial charge in [-0.3, -0.25) is 0 Å². The zero-order valence-corrected chi connectivity index (χ0v) is 10.5. The highest BCUT2D eigenvalue weighted by atomic mass is 16.3. The largest absolute Gasteiger partial charge is 0.389 e. The fourth-order valence-electron chi connectivity index (χ4n) is 2.19. The highest BCUT2D eigenvalue weighted by Gasteiger charge is 2.25. The van der Waals surface area contributed by atoms with Gasteiger partial charge in [-0.05, 0) is 17.5 Å². The van der Waals surface area contributed by atoms with E-state index in [0.717, 1.165) is 11.1 Å². The Morgan fingerprint density at radius 2 is 1.33 bits per heavy atom. The van der Waals surface area contributed by atoms with E-state index in [2.05, 4.69) is 0 Å². The van der Waals surface area contributed by atoms with Gasteiger partial charge in [-0.15, -0.1) is 0 Å². The molecule has 0 atom stereocenters. The van der Waals surface area contributed by atoms with Crippen molar-refractivity contribution in [3.8, 4) is 0 Å². The zero-order valence-electron chi connectivity index (χ0n) is 11.5. The Bertz CT molecular complexity index is 440. The van der Waals surface area contributed by atoms with Gasteiger partial charge in [-0.2, -0.15) is 0 Å². The molecule has 0 aromatic heterocycles. The lowest BCUT2D eigenvalue weighted by atomic mass is 9.86. The summed E-state index contributed by atoms with van der Waals surface area (Å²) in [5.74, 6) is 0. The zero-order chi connectivity index (χ0) is 13.6. The van der Waals surface area contributed by atoms with E-state index in [1.54, 1.807) is 0 Å². The van der Waals surface area contributed by atoms with Crippen LogP contribution in [0.4, 0.5) is 0 Å². The molecule has 2 rings (SSSR count). The Morgan fingerprint density at radius 3 is 1.72 bits per heavy atom. The molecule has 0 fully saturated rings. The van der Waals surface area contributed by atoms with Gasteiger partial charge in [-0.25, -0.2) is 0 Å². The summed E-state index contributed by atoms with van der Waals surface area (Å²) in [5.41, 5.74) is 1.41. The van der Waals surface area contributed by atoms with Crippen LogP contribution in [0.2, 0.25) is 0 Å². The van der Waals surface area contributed by atoms with Crippen LogP contribution < -0.4 is 0 Å². The van der Waals surface area contributed by atoms with E-state index in [0.29, 0.717) is 19.3 Å². The summed E-state index contributed by atoms with van der Waals surface area (Å²) in [7, 11) is 0. The van der Waals surface area contributed by atoms with Crippen LogP contribution in [-0.4, -0.2) is 10.7 Å². The van der Waals surface area contributed by atoms with Gasteiger partial charge >= 0.3 is 0 Å². The molecular formula is C17H20O. The second kappa shape index (κ2) is 5.83. The average molecular weight is 241 g/mol. The van der Waals surface area contributed by atoms with E-state index >= 15 is 0 Å². The summed E-state index contributed by atoms with van der Waals surface area (Å²) >= 11 is 0. The van der Waals surface area contributed by atoms with Crippen LogP contribution in [0.3, 0.4) is 0 Å². The van der Waals surface area contributed by atoms with Gasteiger partial charge in [0.25, 0.3) is 0 Å². The Hall–Kier alpha value is -1.60. The van der Waals surface area contributed by atoms with E-state index in [-0.39, 0.29) is 6.90 Å². The molecule has 1 nitrogen and oxygen atoms in total. The van der Waals surface area contributed by atoms with Crippen LogP contribution in [0.15, 0.2) is 60.7 Å². The molecule has 0 heterocycles. The third kappa shape index (κ3) is 3.44. The second-order valence-corrected chi connectivity index (χ2v) is 4.80. The van der Waals surface area contributed by atoms with Gasteiger partial charge in [0, 0.05) is 14.2 Å². The van der Waals surface area contributed by atoms with E-state index < -0.39 is 5.60 Å². The molecule has 0 saturated heterocycles. The lowest BCUT2D eigenvalue weighted by Gasteiger charge is -2.27. The minimum Gasteiger partial charge on any atom is -0.389 e. The van der Waals surface area contributed by atoms with E-state index in [1.807, 2.05) is 60.7 Å². The molecule has 0 aliphatic heterocycles. The topological polar surface area (TPSA) is 20.2 Å². The Labute approximate surface area is 111 Å². The number of hydrogen-bond acceptors (Lipinski definition) is 1. The molecule has 0 radical (unpaired) electrons. The van der Waals surface area contributed by atoms with Crippen molar-refractivity contribution in [3.63, 3.8) is 0 Å². The average Bonchev–Trinajstić information content (AvgIpc) is 2.41. The third-order valence-corrected chi connectivity index (χ3v) is 3.22. The summed E-state index contributed by atoms with van der Waals surface area (Å²) in [6.07, 6.45) is 1.69. The first kappa shape index (κ1) is 11.5. The highest BCUT2D eigenvalue weighted by molar-refractivity contribution is 5.21. The maximum absolute atomic E-state index is 10.8. The summed E-state index contributed by atoms with van der Waals surface area (Å²) < 4.78 is 7.43. The quantitative estimate of drug-likeness (QED) is 0.847. The minimum absolute atomic E-state index is 0.246. The molecule has 2 aromatic carbocycles. The smallest absolute Gasteiger partial charge is 0.0725 e. The summed E-state index contributed by atoms with van der Waals surface area (Å²) in [4.78, 5) is 0. The Kier molecular flexibility index (Phi) is 3.72. The predicted octanol–water partition coefficient (Wildman–Crippen LogP) is 3.61. The highest BCUT2D eigenvalue weighted by Crippen LogP contribution is 2.22. The molecule has 2 aromatic rings. The number of hydrogen-bond donors (Lipinski definition) is 1. The summed E-state index contributed by atoms with van der Waals surface area (Å²) in [6, 6.07) is 20.0. The third-order valence-electron chi connectivity index (χ3n) is 3.22. The van der Waals surface area contributed by atoms with Crippen LogP contribution in [0, 0.1) is 0 Å². The van der Waals surface area contributed by atoms with E-state index in [9.17, 15) is 5.11 Å². The standard InChI is InChI=1S/C17H20O/c1-2-17(18,13-15-9-5-3-6-10-15)14-16-11-7-4-8-12-16/h3-12,18H,2,13-14H2,1H3/i1D. The number of aliphatic hydroxyl groups is 1. The van der Waals surface area contributed by atoms with Gasteiger partial charge in [0.15, 0.2) is 0 Å². The molecule has 18 heavy (non-hydrogen) atoms. The normalized spacial score (nSPS) is 12.2. The fourth-order valence-corrected chi connectivity index (χ4v) is 2.19. The molecule has 0 unspecified atom stereocenters. The van der Waals surface area contributed by atoms with Crippen LogP contribution in [0.25, 0.3) is 0 Å². The van der Waals surface area contributed by atoms with Crippen LogP contribution in [0.1, 0.15) is 25.8 Å². The SMILES string of the molecule is [2H]CCC(O)(Cc1ccccc1)Cc1ccccc1. The van der Waals surface area contributed by atoms with Crippen LogP contribution >= 0.6 is 0 Å². The van der Waals surface area contributed by atoms with E-state index in [1.165, 1.54) is 0 Å². The second-order valence-electron chi connectivity index (χ2n) is 4.80. The first-order chi connectivity index (χ1) is 9.22. The number of rotatable bonds is 5. The van der Waals surface area contributed by atoms with Crippen molar-refractivity contribution in [2.45, 2.75) is 31.8 Å². The van der Waals surface area contributed by atoms with Crippen LogP contribution in [0.5, 0.6) is 0 Å². The molecule has 0 amide bonds. The fraction of sp³-hybridized carbons (Fsp3) is 0.294. The first-order valence-electron chi connectivity index (χ1n) is 7.02. The monoisotopic (exact) mass is 241 g/mol. The van der Waals surface area contributed by atoms with Crippen molar-refractivity contribution in [2.75, 3.05) is 0 Å². The molecule has 0 aliphatic carbocycles. The maximum Gasteiger partial charge on any atom is 0.0725 e. The van der Waals surface area contributed by atoms with Crippen molar-refractivity contribution >= 4 is 0 Å². The minimum atomic E-state index is -0.829. The Morgan fingerprint density at radius 1 is 0.889 bits per heavy atom. The first-order valence-corrected chi connectivity index (χ1v) is 6.31. The number of benzene rings is 2. The van der Waals surface area contributed by atoms with Gasteiger partial charge in [0.2, 0.25) is 0 Å². The molecule has 0 aliphatic rings. The van der Waals surface area contributed by atoms with Crippen molar-refractivity contribution in [3.05, 3.63) is 71.8 Å². The van der Waals surface area contributed by atoms with Crippen molar-refractivity contribution in [1.82, 2.24) is 0 Å². The van der Waals surface area contributed by atoms with Crippen molar-refractivity contribution < 1.29 is 6.48 Å². The summed E-state index contributed by atoms with van der Waals surface area (Å²) in [6.45, 7) is 0.246. The van der Waals surface area contributed by atoms with Gasteiger partial charge in [0.1, 0.15) is 0 Å². The molecule has 1 N–H and O–H groups in total. The molecule has 1 heteroatoms. The molecule has 0 bridgehead atoms. The lowest BCUT2D eigenvalue weighted by Crippen LogP contribution is -2.33. The van der Waals surface area contributed by atoms with Crippen molar-refractivity contribution in [1.29, 1.82) is 0 Å². The van der Waals surface area contributed by atoms with Crippen LogP contribution in [-0.2, 0) is 12.8 Å². The van der Waals surface area contributed by atoms with Gasteiger partial charge in [0.05, 0.1) is 5.60 Å². The summed E-state index contributed by atoms with van der Waals surface area (Å²) in [5, 5.41) is 10.8. The maximum atomic E-state index is 10.8.